The van der Waals surface area contributed by atoms with Crippen molar-refractivity contribution in [3.8, 4) is 0 Å². The largest absolute Gasteiger partial charge is 0.450 e. The second-order valence-corrected chi connectivity index (χ2v) is 10.8. The number of nitrogens with zero attached hydrogens (tertiary/aromatic N) is 1. The molecular formula is C25H50N4O9S. The second kappa shape index (κ2) is 23.6. The first kappa shape index (κ1) is 36.7. The Labute approximate surface area is 234 Å². The van der Waals surface area contributed by atoms with Gasteiger partial charge in [-0.1, -0.05) is 40.0 Å². The molecule has 0 heterocycles. The number of rotatable bonds is 23. The standard InChI is InChI=1S/C25H50N4O9S/c1-5-8-17-35-23(30)26-13-15-29(16-14-27-24(31)36-18-9-6-2)21-22(12-11-20-38-39(4,33)34)28-25(32)37-19-10-7-3/h22H,5-21H2,1-4H3,(H,26,30)(H,27,31)(H,28,32). The summed E-state index contributed by atoms with van der Waals surface area (Å²) in [4.78, 5) is 38.1. The molecule has 1 atom stereocenters. The minimum Gasteiger partial charge on any atom is -0.450 e. The highest BCUT2D eigenvalue weighted by Crippen LogP contribution is 2.04. The summed E-state index contributed by atoms with van der Waals surface area (Å²) in [7, 11) is -3.57. The molecule has 0 aliphatic rings. The molecule has 0 radical (unpaired) electrons. The van der Waals surface area contributed by atoms with E-state index in [2.05, 4.69) is 16.0 Å². The van der Waals surface area contributed by atoms with Crippen molar-refractivity contribution in [3.63, 3.8) is 0 Å². The third-order valence-electron chi connectivity index (χ3n) is 5.38. The molecule has 0 rings (SSSR count). The van der Waals surface area contributed by atoms with Gasteiger partial charge in [0.15, 0.2) is 0 Å². The predicted molar refractivity (Wildman–Crippen MR) is 148 cm³/mol. The number of ether oxygens (including phenoxy) is 3. The van der Waals surface area contributed by atoms with Gasteiger partial charge < -0.3 is 30.2 Å². The zero-order valence-corrected chi connectivity index (χ0v) is 24.9. The highest BCUT2D eigenvalue weighted by Gasteiger charge is 2.18. The van der Waals surface area contributed by atoms with E-state index in [1.165, 1.54) is 0 Å². The maximum atomic E-state index is 12.3. The number of amides is 3. The summed E-state index contributed by atoms with van der Waals surface area (Å²) in [6, 6.07) is -0.393. The Bertz CT molecular complexity index is 741. The van der Waals surface area contributed by atoms with Gasteiger partial charge in [0.2, 0.25) is 0 Å². The fourth-order valence-electron chi connectivity index (χ4n) is 3.23. The zero-order valence-electron chi connectivity index (χ0n) is 24.1. The van der Waals surface area contributed by atoms with E-state index in [9.17, 15) is 22.8 Å². The van der Waals surface area contributed by atoms with E-state index < -0.39 is 34.4 Å². The van der Waals surface area contributed by atoms with Gasteiger partial charge in [-0.15, -0.1) is 0 Å². The Kier molecular flexibility index (Phi) is 22.2. The molecule has 14 heteroatoms. The third kappa shape index (κ3) is 24.5. The minimum absolute atomic E-state index is 0.0157. The number of nitrogens with one attached hydrogen (secondary N) is 3. The van der Waals surface area contributed by atoms with Gasteiger partial charge >= 0.3 is 18.3 Å². The van der Waals surface area contributed by atoms with Crippen molar-refractivity contribution >= 4 is 28.4 Å². The van der Waals surface area contributed by atoms with Crippen LogP contribution in [0.25, 0.3) is 0 Å². The van der Waals surface area contributed by atoms with Gasteiger partial charge in [-0.05, 0) is 32.1 Å². The van der Waals surface area contributed by atoms with Crippen LogP contribution in [0.2, 0.25) is 0 Å². The molecule has 0 aliphatic carbocycles. The Morgan fingerprint density at radius 3 is 1.62 bits per heavy atom. The molecule has 0 spiro atoms. The first-order valence-corrected chi connectivity index (χ1v) is 15.7. The molecule has 39 heavy (non-hydrogen) atoms. The molecule has 3 amide bonds. The lowest BCUT2D eigenvalue weighted by atomic mass is 10.1. The molecule has 0 fully saturated rings. The van der Waals surface area contributed by atoms with Crippen LogP contribution in [0, 0.1) is 0 Å². The highest BCUT2D eigenvalue weighted by molar-refractivity contribution is 7.85. The molecule has 13 nitrogen and oxygen atoms in total. The molecule has 0 saturated carbocycles. The van der Waals surface area contributed by atoms with Gasteiger partial charge in [-0.3, -0.25) is 9.08 Å². The highest BCUT2D eigenvalue weighted by atomic mass is 32.2. The zero-order chi connectivity index (χ0) is 29.4. The van der Waals surface area contributed by atoms with Gasteiger partial charge in [0, 0.05) is 38.8 Å². The van der Waals surface area contributed by atoms with E-state index >= 15 is 0 Å². The minimum atomic E-state index is -3.57. The van der Waals surface area contributed by atoms with Crippen LogP contribution in [0.15, 0.2) is 0 Å². The number of hydrogen-bond acceptors (Lipinski definition) is 10. The van der Waals surface area contributed by atoms with Crippen molar-refractivity contribution in [2.24, 2.45) is 0 Å². The van der Waals surface area contributed by atoms with Gasteiger partial charge in [-0.25, -0.2) is 14.4 Å². The van der Waals surface area contributed by atoms with Gasteiger partial charge in [-0.2, -0.15) is 8.42 Å². The molecule has 230 valence electrons. The van der Waals surface area contributed by atoms with Crippen LogP contribution < -0.4 is 16.0 Å². The summed E-state index contributed by atoms with van der Waals surface area (Å²) >= 11 is 0. The first-order chi connectivity index (χ1) is 18.6. The van der Waals surface area contributed by atoms with Crippen molar-refractivity contribution in [1.29, 1.82) is 0 Å². The molecule has 0 aromatic rings. The first-order valence-electron chi connectivity index (χ1n) is 13.9. The van der Waals surface area contributed by atoms with E-state index in [1.807, 2.05) is 25.7 Å². The van der Waals surface area contributed by atoms with E-state index in [1.54, 1.807) is 0 Å². The van der Waals surface area contributed by atoms with Gasteiger partial charge in [0.1, 0.15) is 0 Å². The normalized spacial score (nSPS) is 12.0. The molecule has 0 aliphatic heterocycles. The number of hydrogen-bond donors (Lipinski definition) is 3. The lowest BCUT2D eigenvalue weighted by Gasteiger charge is -2.28. The summed E-state index contributed by atoms with van der Waals surface area (Å²) in [5, 5.41) is 8.26. The molecule has 0 aromatic carbocycles. The van der Waals surface area contributed by atoms with E-state index in [-0.39, 0.29) is 19.7 Å². The fraction of sp³-hybridized carbons (Fsp3) is 0.880. The van der Waals surface area contributed by atoms with Crippen LogP contribution in [-0.2, 0) is 28.5 Å². The topological polar surface area (TPSA) is 162 Å². The predicted octanol–water partition coefficient (Wildman–Crippen LogP) is 2.99. The van der Waals surface area contributed by atoms with Crippen LogP contribution in [0.1, 0.15) is 72.1 Å². The average Bonchev–Trinajstić information content (AvgIpc) is 2.86. The number of carbonyl (C=O) groups is 3. The number of carbonyl (C=O) groups excluding carboxylic acids is 3. The van der Waals surface area contributed by atoms with Crippen LogP contribution in [0.5, 0.6) is 0 Å². The van der Waals surface area contributed by atoms with Gasteiger partial charge in [0.25, 0.3) is 10.1 Å². The van der Waals surface area contributed by atoms with Crippen molar-refractivity contribution in [2.45, 2.75) is 78.2 Å². The van der Waals surface area contributed by atoms with Crippen LogP contribution in [0.4, 0.5) is 14.4 Å². The molecule has 0 aromatic heterocycles. The smallest absolute Gasteiger partial charge is 0.407 e. The van der Waals surface area contributed by atoms with E-state index in [0.717, 1.165) is 44.8 Å². The summed E-state index contributed by atoms with van der Waals surface area (Å²) in [5.41, 5.74) is 0. The number of alkyl carbamates (subject to hydrolysis) is 3. The summed E-state index contributed by atoms with van der Waals surface area (Å²) in [6.07, 6.45) is 5.23. The Morgan fingerprint density at radius 1 is 0.718 bits per heavy atom. The van der Waals surface area contributed by atoms with Gasteiger partial charge in [0.05, 0.1) is 32.7 Å². The van der Waals surface area contributed by atoms with Crippen molar-refractivity contribution in [1.82, 2.24) is 20.9 Å². The monoisotopic (exact) mass is 582 g/mol. The average molecular weight is 583 g/mol. The quantitative estimate of drug-likeness (QED) is 0.0928. The molecule has 3 N–H and O–H groups in total. The summed E-state index contributed by atoms with van der Waals surface area (Å²) < 4.78 is 42.9. The lowest BCUT2D eigenvalue weighted by Crippen LogP contribution is -2.48. The number of unbranched alkanes of at least 4 members (excludes halogenated alkanes) is 3. The van der Waals surface area contributed by atoms with Crippen LogP contribution in [-0.4, -0.2) is 103 Å². The molecule has 0 saturated heterocycles. The lowest BCUT2D eigenvalue weighted by molar-refractivity contribution is 0.132. The summed E-state index contributed by atoms with van der Waals surface area (Å²) in [5.74, 6) is 0. The van der Waals surface area contributed by atoms with E-state index in [4.69, 9.17) is 18.4 Å². The Balaban J connectivity index is 5.11. The molecule has 0 bridgehead atoms. The van der Waals surface area contributed by atoms with Crippen LogP contribution in [0.3, 0.4) is 0 Å². The maximum absolute atomic E-state index is 12.3. The molecule has 1 unspecified atom stereocenters. The third-order valence-corrected chi connectivity index (χ3v) is 5.98. The van der Waals surface area contributed by atoms with Crippen molar-refractivity contribution < 1.29 is 41.2 Å². The van der Waals surface area contributed by atoms with Crippen LogP contribution >= 0.6 is 0 Å². The Morgan fingerprint density at radius 2 is 1.18 bits per heavy atom. The molecular weight excluding hydrogens is 532 g/mol. The SMILES string of the molecule is CCCCOC(=O)NCCN(CCNC(=O)OCCCC)CC(CCCOS(C)(=O)=O)NC(=O)OCCCC. The maximum Gasteiger partial charge on any atom is 0.407 e. The van der Waals surface area contributed by atoms with Crippen molar-refractivity contribution in [3.05, 3.63) is 0 Å². The second-order valence-electron chi connectivity index (χ2n) is 9.13. The van der Waals surface area contributed by atoms with Crippen molar-refractivity contribution in [2.75, 3.05) is 65.4 Å². The van der Waals surface area contributed by atoms with E-state index in [0.29, 0.717) is 52.3 Å². The summed E-state index contributed by atoms with van der Waals surface area (Å²) in [6.45, 7) is 8.74. The Hall–Kier alpha value is -2.32. The fourth-order valence-corrected chi connectivity index (χ4v) is 3.65.